The van der Waals surface area contributed by atoms with E-state index in [1.807, 2.05) is 11.8 Å². The standard InChI is InChI=1S/C17H20N2OS/c1-13-18-12-16(21-13)17(20)19-9-7-15(8-10-19)11-14-5-3-2-4-6-14/h2-6,12,15H,7-11H2,1H3. The number of carbonyl (C=O) groups excluding carboxylic acids is 1. The number of hydrogen-bond acceptors (Lipinski definition) is 3. The van der Waals surface area contributed by atoms with Crippen molar-refractivity contribution >= 4 is 17.2 Å². The summed E-state index contributed by atoms with van der Waals surface area (Å²) in [5.74, 6) is 0.846. The number of likely N-dealkylation sites (tertiary alicyclic amines) is 1. The minimum absolute atomic E-state index is 0.152. The molecular formula is C17H20N2OS. The lowest BCUT2D eigenvalue weighted by Crippen LogP contribution is -2.38. The van der Waals surface area contributed by atoms with E-state index >= 15 is 0 Å². The van der Waals surface area contributed by atoms with Crippen LogP contribution in [0.1, 0.15) is 33.1 Å². The summed E-state index contributed by atoms with van der Waals surface area (Å²) in [6, 6.07) is 10.6. The number of benzene rings is 1. The van der Waals surface area contributed by atoms with E-state index in [4.69, 9.17) is 0 Å². The number of aromatic nitrogens is 1. The van der Waals surface area contributed by atoms with Crippen LogP contribution in [-0.4, -0.2) is 28.9 Å². The third kappa shape index (κ3) is 3.50. The van der Waals surface area contributed by atoms with Crippen LogP contribution in [0.25, 0.3) is 0 Å². The Hall–Kier alpha value is -1.68. The van der Waals surface area contributed by atoms with Crippen molar-refractivity contribution in [3.05, 3.63) is 52.0 Å². The number of thiazole rings is 1. The van der Waals surface area contributed by atoms with Crippen molar-refractivity contribution in [1.29, 1.82) is 0 Å². The number of nitrogens with zero attached hydrogens (tertiary/aromatic N) is 2. The fourth-order valence-corrected chi connectivity index (χ4v) is 3.65. The molecule has 1 aromatic heterocycles. The monoisotopic (exact) mass is 300 g/mol. The quantitative estimate of drug-likeness (QED) is 0.868. The van der Waals surface area contributed by atoms with E-state index in [0.29, 0.717) is 5.92 Å². The Morgan fingerprint density at radius 3 is 2.62 bits per heavy atom. The molecule has 0 spiro atoms. The normalized spacial score (nSPS) is 16.1. The summed E-state index contributed by atoms with van der Waals surface area (Å²) >= 11 is 1.49. The molecule has 1 fully saturated rings. The van der Waals surface area contributed by atoms with Gasteiger partial charge in [-0.05, 0) is 37.7 Å². The van der Waals surface area contributed by atoms with E-state index in [1.54, 1.807) is 6.20 Å². The van der Waals surface area contributed by atoms with Crippen LogP contribution in [0, 0.1) is 12.8 Å². The first-order chi connectivity index (χ1) is 10.2. The Labute approximate surface area is 129 Å². The largest absolute Gasteiger partial charge is 0.338 e. The van der Waals surface area contributed by atoms with Crippen molar-refractivity contribution in [3.63, 3.8) is 0 Å². The fraction of sp³-hybridized carbons (Fsp3) is 0.412. The molecule has 0 aliphatic carbocycles. The molecule has 1 aliphatic heterocycles. The first-order valence-electron chi connectivity index (χ1n) is 7.48. The highest BCUT2D eigenvalue weighted by atomic mass is 32.1. The summed E-state index contributed by atoms with van der Waals surface area (Å²) in [6.07, 6.45) is 5.03. The van der Waals surface area contributed by atoms with E-state index in [0.717, 1.165) is 42.2 Å². The van der Waals surface area contributed by atoms with Crippen LogP contribution in [-0.2, 0) is 6.42 Å². The van der Waals surface area contributed by atoms with Gasteiger partial charge in [0.25, 0.3) is 5.91 Å². The molecule has 0 saturated carbocycles. The number of aryl methyl sites for hydroxylation is 1. The summed E-state index contributed by atoms with van der Waals surface area (Å²) in [7, 11) is 0. The SMILES string of the molecule is Cc1ncc(C(=O)N2CCC(Cc3ccccc3)CC2)s1. The summed E-state index contributed by atoms with van der Waals surface area (Å²) in [6.45, 7) is 3.67. The second kappa shape index (κ2) is 6.39. The van der Waals surface area contributed by atoms with Crippen LogP contribution in [0.3, 0.4) is 0 Å². The van der Waals surface area contributed by atoms with E-state index < -0.39 is 0 Å². The number of rotatable bonds is 3. The van der Waals surface area contributed by atoms with Gasteiger partial charge in [0.2, 0.25) is 0 Å². The second-order valence-corrected chi connectivity index (χ2v) is 6.90. The zero-order valence-corrected chi connectivity index (χ0v) is 13.1. The molecular weight excluding hydrogens is 280 g/mol. The van der Waals surface area contributed by atoms with Crippen LogP contribution in [0.4, 0.5) is 0 Å². The fourth-order valence-electron chi connectivity index (χ4n) is 2.90. The van der Waals surface area contributed by atoms with Gasteiger partial charge in [0.05, 0.1) is 11.2 Å². The smallest absolute Gasteiger partial charge is 0.265 e. The highest BCUT2D eigenvalue weighted by molar-refractivity contribution is 7.13. The molecule has 0 atom stereocenters. The van der Waals surface area contributed by atoms with E-state index in [2.05, 4.69) is 35.3 Å². The lowest BCUT2D eigenvalue weighted by atomic mass is 9.90. The Kier molecular flexibility index (Phi) is 4.34. The van der Waals surface area contributed by atoms with Gasteiger partial charge in [0, 0.05) is 13.1 Å². The minimum atomic E-state index is 0.152. The number of hydrogen-bond donors (Lipinski definition) is 0. The Morgan fingerprint density at radius 2 is 2.00 bits per heavy atom. The Balaban J connectivity index is 1.54. The number of piperidine rings is 1. The average molecular weight is 300 g/mol. The Bertz CT molecular complexity index is 600. The average Bonchev–Trinajstić information content (AvgIpc) is 2.95. The van der Waals surface area contributed by atoms with Crippen LogP contribution in [0.5, 0.6) is 0 Å². The van der Waals surface area contributed by atoms with Crippen LogP contribution in [0.15, 0.2) is 36.5 Å². The molecule has 110 valence electrons. The summed E-state index contributed by atoms with van der Waals surface area (Å²) in [5, 5.41) is 0.956. The lowest BCUT2D eigenvalue weighted by molar-refractivity contribution is 0.0695. The zero-order chi connectivity index (χ0) is 14.7. The molecule has 21 heavy (non-hydrogen) atoms. The van der Waals surface area contributed by atoms with Gasteiger partial charge in [-0.3, -0.25) is 4.79 Å². The van der Waals surface area contributed by atoms with Crippen LogP contribution < -0.4 is 0 Å². The lowest BCUT2D eigenvalue weighted by Gasteiger charge is -2.31. The van der Waals surface area contributed by atoms with Crippen LogP contribution >= 0.6 is 11.3 Å². The van der Waals surface area contributed by atoms with Crippen molar-refractivity contribution in [2.75, 3.05) is 13.1 Å². The maximum Gasteiger partial charge on any atom is 0.265 e. The highest BCUT2D eigenvalue weighted by Gasteiger charge is 2.24. The first-order valence-corrected chi connectivity index (χ1v) is 8.29. The summed E-state index contributed by atoms with van der Waals surface area (Å²) in [4.78, 5) is 19.3. The molecule has 0 unspecified atom stereocenters. The Morgan fingerprint density at radius 1 is 1.29 bits per heavy atom. The molecule has 1 amide bonds. The first kappa shape index (κ1) is 14.3. The molecule has 1 aliphatic rings. The van der Waals surface area contributed by atoms with Crippen LogP contribution in [0.2, 0.25) is 0 Å². The van der Waals surface area contributed by atoms with Crippen molar-refractivity contribution in [3.8, 4) is 0 Å². The van der Waals surface area contributed by atoms with Gasteiger partial charge in [0.1, 0.15) is 4.88 Å². The molecule has 2 aromatic rings. The van der Waals surface area contributed by atoms with E-state index in [1.165, 1.54) is 16.9 Å². The molecule has 0 bridgehead atoms. The minimum Gasteiger partial charge on any atom is -0.338 e. The van der Waals surface area contributed by atoms with Gasteiger partial charge in [0.15, 0.2) is 0 Å². The highest BCUT2D eigenvalue weighted by Crippen LogP contribution is 2.24. The van der Waals surface area contributed by atoms with Gasteiger partial charge >= 0.3 is 0 Å². The van der Waals surface area contributed by atoms with Gasteiger partial charge in [-0.15, -0.1) is 11.3 Å². The van der Waals surface area contributed by atoms with Gasteiger partial charge in [-0.1, -0.05) is 30.3 Å². The summed E-state index contributed by atoms with van der Waals surface area (Å²) in [5.41, 5.74) is 1.40. The van der Waals surface area contributed by atoms with Gasteiger partial charge in [-0.2, -0.15) is 0 Å². The number of amides is 1. The maximum atomic E-state index is 12.4. The molecule has 0 radical (unpaired) electrons. The molecule has 3 rings (SSSR count). The molecule has 4 heteroatoms. The van der Waals surface area contributed by atoms with Gasteiger partial charge < -0.3 is 4.90 Å². The third-order valence-corrected chi connectivity index (χ3v) is 5.00. The van der Waals surface area contributed by atoms with Gasteiger partial charge in [-0.25, -0.2) is 4.98 Å². The van der Waals surface area contributed by atoms with E-state index in [-0.39, 0.29) is 5.91 Å². The zero-order valence-electron chi connectivity index (χ0n) is 12.3. The number of carbonyl (C=O) groups is 1. The molecule has 0 N–H and O–H groups in total. The second-order valence-electron chi connectivity index (χ2n) is 5.67. The van der Waals surface area contributed by atoms with Crippen molar-refractivity contribution in [2.24, 2.45) is 5.92 Å². The third-order valence-electron chi connectivity index (χ3n) is 4.10. The van der Waals surface area contributed by atoms with E-state index in [9.17, 15) is 4.79 Å². The predicted molar refractivity (Wildman–Crippen MR) is 85.6 cm³/mol. The molecule has 3 nitrogen and oxygen atoms in total. The molecule has 1 saturated heterocycles. The molecule has 1 aromatic carbocycles. The topological polar surface area (TPSA) is 33.2 Å². The van der Waals surface area contributed by atoms with Crippen molar-refractivity contribution in [1.82, 2.24) is 9.88 Å². The predicted octanol–water partition coefficient (Wildman–Crippen LogP) is 3.55. The molecule has 2 heterocycles. The maximum absolute atomic E-state index is 12.4. The summed E-state index contributed by atoms with van der Waals surface area (Å²) < 4.78 is 0. The van der Waals surface area contributed by atoms with Crippen molar-refractivity contribution in [2.45, 2.75) is 26.2 Å². The van der Waals surface area contributed by atoms with Crippen molar-refractivity contribution < 1.29 is 4.79 Å².